The summed E-state index contributed by atoms with van der Waals surface area (Å²) in [5.41, 5.74) is 4.60. The largest absolute Gasteiger partial charge is 0.370 e. The summed E-state index contributed by atoms with van der Waals surface area (Å²) >= 11 is 12.8. The van der Waals surface area contributed by atoms with Gasteiger partial charge < -0.3 is 10.6 Å². The van der Waals surface area contributed by atoms with Crippen molar-refractivity contribution in [2.24, 2.45) is 0 Å². The lowest BCUT2D eigenvalue weighted by Crippen LogP contribution is -2.29. The SMILES string of the molecule is CNc1nn(Cc2c(Cl)cccc2Cl)c2cc(-c3cnn(C4CCNCC4)c3)cnc12. The van der Waals surface area contributed by atoms with E-state index in [9.17, 15) is 0 Å². The molecule has 0 spiro atoms. The van der Waals surface area contributed by atoms with Crippen molar-refractivity contribution in [1.82, 2.24) is 29.9 Å². The average molecular weight is 456 g/mol. The molecule has 1 fully saturated rings. The molecular formula is C22H23Cl2N7. The van der Waals surface area contributed by atoms with Crippen molar-refractivity contribution in [1.29, 1.82) is 0 Å². The second-order valence-electron chi connectivity index (χ2n) is 7.74. The van der Waals surface area contributed by atoms with E-state index < -0.39 is 0 Å². The minimum absolute atomic E-state index is 0.440. The highest BCUT2D eigenvalue weighted by Gasteiger charge is 2.18. The van der Waals surface area contributed by atoms with E-state index in [0.717, 1.165) is 59.5 Å². The molecule has 5 rings (SSSR count). The van der Waals surface area contributed by atoms with Gasteiger partial charge in [-0.3, -0.25) is 9.36 Å². The second kappa shape index (κ2) is 8.49. The Balaban J connectivity index is 1.53. The van der Waals surface area contributed by atoms with E-state index in [1.165, 1.54) is 0 Å². The van der Waals surface area contributed by atoms with Crippen LogP contribution in [0.5, 0.6) is 0 Å². The Hall–Kier alpha value is -2.61. The van der Waals surface area contributed by atoms with Crippen molar-refractivity contribution in [3.8, 4) is 11.1 Å². The van der Waals surface area contributed by atoms with Crippen molar-refractivity contribution in [2.75, 3.05) is 25.5 Å². The van der Waals surface area contributed by atoms with Gasteiger partial charge in [0.15, 0.2) is 5.82 Å². The maximum Gasteiger partial charge on any atom is 0.174 e. The smallest absolute Gasteiger partial charge is 0.174 e. The Morgan fingerprint density at radius 2 is 1.90 bits per heavy atom. The maximum atomic E-state index is 6.40. The first-order valence-electron chi connectivity index (χ1n) is 10.4. The molecule has 0 bridgehead atoms. The number of hydrogen-bond donors (Lipinski definition) is 2. The summed E-state index contributed by atoms with van der Waals surface area (Å²) in [5.74, 6) is 0.718. The monoisotopic (exact) mass is 455 g/mol. The lowest BCUT2D eigenvalue weighted by atomic mass is 10.1. The first kappa shape index (κ1) is 20.3. The third-order valence-electron chi connectivity index (χ3n) is 5.81. The number of aromatic nitrogens is 5. The van der Waals surface area contributed by atoms with E-state index in [0.29, 0.717) is 22.6 Å². The fraction of sp³-hybridized carbons (Fsp3) is 0.318. The zero-order valence-corrected chi connectivity index (χ0v) is 18.7. The topological polar surface area (TPSA) is 72.6 Å². The van der Waals surface area contributed by atoms with Crippen LogP contribution in [0.4, 0.5) is 5.82 Å². The molecule has 0 radical (unpaired) electrons. The Labute approximate surface area is 190 Å². The van der Waals surface area contributed by atoms with Gasteiger partial charge in [-0.25, -0.2) is 4.98 Å². The van der Waals surface area contributed by atoms with E-state index in [1.54, 1.807) is 0 Å². The minimum Gasteiger partial charge on any atom is -0.370 e. The summed E-state index contributed by atoms with van der Waals surface area (Å²) in [4.78, 5) is 4.70. The van der Waals surface area contributed by atoms with Crippen LogP contribution in [0.25, 0.3) is 22.2 Å². The molecule has 0 unspecified atom stereocenters. The number of hydrogen-bond acceptors (Lipinski definition) is 5. The molecule has 160 valence electrons. The molecule has 0 saturated carbocycles. The molecule has 1 aromatic carbocycles. The van der Waals surface area contributed by atoms with Crippen LogP contribution in [0.1, 0.15) is 24.4 Å². The van der Waals surface area contributed by atoms with Crippen LogP contribution in [-0.4, -0.2) is 44.7 Å². The molecule has 0 aliphatic carbocycles. The number of pyridine rings is 1. The first-order valence-corrected chi connectivity index (χ1v) is 11.1. The van der Waals surface area contributed by atoms with Crippen molar-refractivity contribution in [3.63, 3.8) is 0 Å². The molecule has 31 heavy (non-hydrogen) atoms. The zero-order chi connectivity index (χ0) is 21.4. The highest BCUT2D eigenvalue weighted by Crippen LogP contribution is 2.30. The van der Waals surface area contributed by atoms with Gasteiger partial charge in [-0.05, 0) is 44.1 Å². The van der Waals surface area contributed by atoms with Gasteiger partial charge in [0.1, 0.15) is 5.52 Å². The van der Waals surface area contributed by atoms with E-state index in [1.807, 2.05) is 42.3 Å². The lowest BCUT2D eigenvalue weighted by molar-refractivity contribution is 0.343. The van der Waals surface area contributed by atoms with Crippen LogP contribution >= 0.6 is 23.2 Å². The molecule has 2 N–H and O–H groups in total. The van der Waals surface area contributed by atoms with Crippen molar-refractivity contribution >= 4 is 40.1 Å². The predicted molar refractivity (Wildman–Crippen MR) is 125 cm³/mol. The minimum atomic E-state index is 0.440. The maximum absolute atomic E-state index is 6.40. The first-order chi connectivity index (χ1) is 15.1. The van der Waals surface area contributed by atoms with E-state index in [-0.39, 0.29) is 0 Å². The van der Waals surface area contributed by atoms with Gasteiger partial charge in [0.05, 0.1) is 24.3 Å². The number of nitrogens with one attached hydrogen (secondary N) is 2. The quantitative estimate of drug-likeness (QED) is 0.459. The Kier molecular flexibility index (Phi) is 5.56. The fourth-order valence-electron chi connectivity index (χ4n) is 4.09. The van der Waals surface area contributed by atoms with Gasteiger partial charge in [0.2, 0.25) is 0 Å². The summed E-state index contributed by atoms with van der Waals surface area (Å²) < 4.78 is 3.97. The second-order valence-corrected chi connectivity index (χ2v) is 8.55. The summed E-state index contributed by atoms with van der Waals surface area (Å²) in [7, 11) is 1.84. The van der Waals surface area contributed by atoms with Gasteiger partial charge in [-0.1, -0.05) is 29.3 Å². The molecule has 1 aliphatic rings. The fourth-order valence-corrected chi connectivity index (χ4v) is 4.61. The number of benzene rings is 1. The number of rotatable bonds is 5. The van der Waals surface area contributed by atoms with Crippen LogP contribution in [0.3, 0.4) is 0 Å². The van der Waals surface area contributed by atoms with Gasteiger partial charge in [0, 0.05) is 46.2 Å². The van der Waals surface area contributed by atoms with Crippen LogP contribution in [0.15, 0.2) is 42.9 Å². The molecule has 0 atom stereocenters. The van der Waals surface area contributed by atoms with E-state index >= 15 is 0 Å². The van der Waals surface area contributed by atoms with Gasteiger partial charge in [-0.15, -0.1) is 0 Å². The number of fused-ring (bicyclic) bond motifs is 1. The molecule has 7 nitrogen and oxygen atoms in total. The van der Waals surface area contributed by atoms with Gasteiger partial charge in [-0.2, -0.15) is 10.2 Å². The van der Waals surface area contributed by atoms with Crippen molar-refractivity contribution < 1.29 is 0 Å². The van der Waals surface area contributed by atoms with E-state index in [4.69, 9.17) is 33.3 Å². The molecule has 1 saturated heterocycles. The number of nitrogens with zero attached hydrogens (tertiary/aromatic N) is 5. The zero-order valence-electron chi connectivity index (χ0n) is 17.1. The summed E-state index contributed by atoms with van der Waals surface area (Å²) in [6.07, 6.45) is 8.09. The third kappa shape index (κ3) is 3.89. The van der Waals surface area contributed by atoms with Crippen LogP contribution < -0.4 is 10.6 Å². The lowest BCUT2D eigenvalue weighted by Gasteiger charge is -2.22. The van der Waals surface area contributed by atoms with Crippen molar-refractivity contribution in [3.05, 3.63) is 58.5 Å². The highest BCUT2D eigenvalue weighted by molar-refractivity contribution is 6.36. The predicted octanol–water partition coefficient (Wildman–Crippen LogP) is 4.62. The molecular weight excluding hydrogens is 433 g/mol. The van der Waals surface area contributed by atoms with Gasteiger partial charge in [0.25, 0.3) is 0 Å². The Morgan fingerprint density at radius 3 is 2.65 bits per heavy atom. The molecule has 9 heteroatoms. The summed E-state index contributed by atoms with van der Waals surface area (Å²) in [6, 6.07) is 8.06. The number of piperidine rings is 1. The molecule has 4 heterocycles. The standard InChI is InChI=1S/C22H23Cl2N7/c1-25-22-21-20(31(29-22)13-17-18(23)3-2-4-19(17)24)9-14(10-27-21)15-11-28-30(12-15)16-5-7-26-8-6-16/h2-4,9-12,16,26H,5-8,13H2,1H3,(H,25,29). The summed E-state index contributed by atoms with van der Waals surface area (Å²) in [5, 5.41) is 17.1. The number of halogens is 2. The highest BCUT2D eigenvalue weighted by atomic mass is 35.5. The van der Waals surface area contributed by atoms with Crippen LogP contribution in [0.2, 0.25) is 10.0 Å². The van der Waals surface area contributed by atoms with Crippen LogP contribution in [0, 0.1) is 0 Å². The van der Waals surface area contributed by atoms with E-state index in [2.05, 4.69) is 32.7 Å². The van der Waals surface area contributed by atoms with Crippen molar-refractivity contribution in [2.45, 2.75) is 25.4 Å². The molecule has 1 aliphatic heterocycles. The number of anilines is 1. The van der Waals surface area contributed by atoms with Crippen LogP contribution in [-0.2, 0) is 6.54 Å². The third-order valence-corrected chi connectivity index (χ3v) is 6.52. The molecule has 4 aromatic rings. The van der Waals surface area contributed by atoms with Gasteiger partial charge >= 0.3 is 0 Å². The molecule has 0 amide bonds. The Morgan fingerprint density at radius 1 is 1.13 bits per heavy atom. The molecule has 3 aromatic heterocycles. The Bertz CT molecular complexity index is 1200. The normalized spacial score (nSPS) is 14.9. The average Bonchev–Trinajstić information content (AvgIpc) is 3.42. The summed E-state index contributed by atoms with van der Waals surface area (Å²) in [6.45, 7) is 2.52.